The average molecular weight is 234 g/mol. The van der Waals surface area contributed by atoms with Crippen molar-refractivity contribution >= 4 is 0 Å². The van der Waals surface area contributed by atoms with Gasteiger partial charge in [-0.15, -0.1) is 0 Å². The van der Waals surface area contributed by atoms with Gasteiger partial charge in [-0.3, -0.25) is 0 Å². The molecular weight excluding hydrogens is 216 g/mol. The van der Waals surface area contributed by atoms with Crippen LogP contribution in [0, 0.1) is 0 Å². The molecule has 0 amide bonds. The summed E-state index contributed by atoms with van der Waals surface area (Å²) in [5.41, 5.74) is 4.48. The van der Waals surface area contributed by atoms with Crippen molar-refractivity contribution in [1.29, 1.82) is 0 Å². The van der Waals surface area contributed by atoms with Gasteiger partial charge in [-0.05, 0) is 30.4 Å². The third-order valence-corrected chi connectivity index (χ3v) is 3.76. The zero-order chi connectivity index (χ0) is 12.2. The number of rotatable bonds is 3. The molecule has 0 saturated heterocycles. The van der Waals surface area contributed by atoms with Crippen LogP contribution in [0.1, 0.15) is 29.9 Å². The Kier molecular flexibility index (Phi) is 3.27. The molecule has 3 rings (SSSR count). The molecule has 1 unspecified atom stereocenters. The third kappa shape index (κ3) is 2.38. The van der Waals surface area contributed by atoms with Crippen molar-refractivity contribution in [2.24, 2.45) is 0 Å². The van der Waals surface area contributed by atoms with Crippen molar-refractivity contribution in [3.8, 4) is 0 Å². The number of allylic oxidation sites excluding steroid dienone is 2. The smallest absolute Gasteiger partial charge is 0.00544 e. The first-order valence-corrected chi connectivity index (χ1v) is 6.71. The molecule has 0 N–H and O–H groups in total. The largest absolute Gasteiger partial charge is 0.0843 e. The molecule has 0 bridgehead atoms. The quantitative estimate of drug-likeness (QED) is 0.673. The zero-order valence-electron chi connectivity index (χ0n) is 10.5. The summed E-state index contributed by atoms with van der Waals surface area (Å²) in [6, 6.07) is 21.7. The second kappa shape index (κ2) is 5.22. The minimum absolute atomic E-state index is 0.631. The Morgan fingerprint density at radius 1 is 0.833 bits per heavy atom. The lowest BCUT2D eigenvalue weighted by atomic mass is 9.89. The molecular formula is C18H18. The Balaban J connectivity index is 1.80. The normalized spacial score (nSPS) is 18.7. The first-order valence-electron chi connectivity index (χ1n) is 6.71. The van der Waals surface area contributed by atoms with Crippen LogP contribution in [0.4, 0.5) is 0 Å². The van der Waals surface area contributed by atoms with Crippen LogP contribution in [-0.2, 0) is 6.42 Å². The van der Waals surface area contributed by atoms with Gasteiger partial charge in [0.25, 0.3) is 0 Å². The average Bonchev–Trinajstić information content (AvgIpc) is 2.89. The molecule has 0 radical (unpaired) electrons. The maximum atomic E-state index is 2.44. The maximum Gasteiger partial charge on any atom is 0.00544 e. The van der Waals surface area contributed by atoms with E-state index in [2.05, 4.69) is 66.7 Å². The van der Waals surface area contributed by atoms with E-state index in [-0.39, 0.29) is 0 Å². The van der Waals surface area contributed by atoms with E-state index in [1.165, 1.54) is 24.0 Å². The Hall–Kier alpha value is -1.82. The van der Waals surface area contributed by atoms with E-state index in [1.54, 1.807) is 5.57 Å². The summed E-state index contributed by atoms with van der Waals surface area (Å²) in [7, 11) is 0. The molecule has 2 aromatic rings. The highest BCUT2D eigenvalue weighted by atomic mass is 14.2. The highest BCUT2D eigenvalue weighted by Gasteiger charge is 2.20. The summed E-state index contributed by atoms with van der Waals surface area (Å²) in [5, 5.41) is 0. The van der Waals surface area contributed by atoms with Gasteiger partial charge in [-0.25, -0.2) is 0 Å². The van der Waals surface area contributed by atoms with Crippen molar-refractivity contribution in [2.45, 2.75) is 25.2 Å². The van der Waals surface area contributed by atoms with Gasteiger partial charge < -0.3 is 0 Å². The van der Waals surface area contributed by atoms with Gasteiger partial charge in [-0.1, -0.05) is 72.3 Å². The van der Waals surface area contributed by atoms with Gasteiger partial charge in [0.2, 0.25) is 0 Å². The van der Waals surface area contributed by atoms with Crippen LogP contribution >= 0.6 is 0 Å². The van der Waals surface area contributed by atoms with Crippen LogP contribution in [0.15, 0.2) is 72.3 Å². The van der Waals surface area contributed by atoms with E-state index in [0.717, 1.165) is 6.42 Å². The SMILES string of the molecule is C1=C(Cc2ccccc2)C(c2ccccc2)CC1. The fourth-order valence-corrected chi connectivity index (χ4v) is 2.86. The van der Waals surface area contributed by atoms with E-state index in [1.807, 2.05) is 0 Å². The number of hydrogen-bond donors (Lipinski definition) is 0. The predicted molar refractivity (Wildman–Crippen MR) is 76.6 cm³/mol. The maximum absolute atomic E-state index is 2.44. The first-order chi connectivity index (χ1) is 8.93. The molecule has 18 heavy (non-hydrogen) atoms. The molecule has 0 heterocycles. The minimum atomic E-state index is 0.631. The molecule has 0 heteroatoms. The third-order valence-electron chi connectivity index (χ3n) is 3.76. The van der Waals surface area contributed by atoms with Crippen molar-refractivity contribution in [2.75, 3.05) is 0 Å². The lowest BCUT2D eigenvalue weighted by Gasteiger charge is -2.15. The van der Waals surface area contributed by atoms with Gasteiger partial charge in [0.15, 0.2) is 0 Å². The standard InChI is InChI=1S/C18H18/c1-3-8-15(9-4-1)14-17-12-7-13-18(17)16-10-5-2-6-11-16/h1-6,8-12,18H,7,13-14H2. The van der Waals surface area contributed by atoms with Crippen LogP contribution < -0.4 is 0 Å². The summed E-state index contributed by atoms with van der Waals surface area (Å²) in [6.45, 7) is 0. The summed E-state index contributed by atoms with van der Waals surface area (Å²) in [4.78, 5) is 0. The van der Waals surface area contributed by atoms with Gasteiger partial charge in [0.1, 0.15) is 0 Å². The van der Waals surface area contributed by atoms with Crippen molar-refractivity contribution in [1.82, 2.24) is 0 Å². The lowest BCUT2D eigenvalue weighted by Crippen LogP contribution is -2.00. The van der Waals surface area contributed by atoms with Crippen molar-refractivity contribution in [3.05, 3.63) is 83.4 Å². The molecule has 90 valence electrons. The van der Waals surface area contributed by atoms with Gasteiger partial charge in [-0.2, -0.15) is 0 Å². The van der Waals surface area contributed by atoms with Crippen LogP contribution in [0.2, 0.25) is 0 Å². The summed E-state index contributed by atoms with van der Waals surface area (Å²) >= 11 is 0. The molecule has 0 fully saturated rings. The molecule has 1 aliphatic rings. The van der Waals surface area contributed by atoms with Gasteiger partial charge in [0.05, 0.1) is 0 Å². The summed E-state index contributed by atoms with van der Waals surface area (Å²) in [5.74, 6) is 0.631. The molecule has 2 aromatic carbocycles. The highest BCUT2D eigenvalue weighted by Crippen LogP contribution is 2.36. The van der Waals surface area contributed by atoms with E-state index in [0.29, 0.717) is 5.92 Å². The number of hydrogen-bond acceptors (Lipinski definition) is 0. The van der Waals surface area contributed by atoms with E-state index in [9.17, 15) is 0 Å². The van der Waals surface area contributed by atoms with E-state index < -0.39 is 0 Å². The molecule has 0 saturated carbocycles. The van der Waals surface area contributed by atoms with Crippen LogP contribution in [0.25, 0.3) is 0 Å². The van der Waals surface area contributed by atoms with Crippen LogP contribution in [0.3, 0.4) is 0 Å². The second-order valence-corrected chi connectivity index (χ2v) is 4.98. The molecule has 0 nitrogen and oxygen atoms in total. The minimum Gasteiger partial charge on any atom is -0.0843 e. The summed E-state index contributed by atoms with van der Waals surface area (Å²) < 4.78 is 0. The Bertz CT molecular complexity index is 522. The highest BCUT2D eigenvalue weighted by molar-refractivity contribution is 5.35. The lowest BCUT2D eigenvalue weighted by molar-refractivity contribution is 0.755. The summed E-state index contributed by atoms with van der Waals surface area (Å²) in [6.07, 6.45) is 6.03. The molecule has 1 atom stereocenters. The second-order valence-electron chi connectivity index (χ2n) is 4.98. The monoisotopic (exact) mass is 234 g/mol. The van der Waals surface area contributed by atoms with Crippen molar-refractivity contribution < 1.29 is 0 Å². The van der Waals surface area contributed by atoms with Crippen molar-refractivity contribution in [3.63, 3.8) is 0 Å². The van der Waals surface area contributed by atoms with E-state index in [4.69, 9.17) is 0 Å². The Labute approximate surface area is 109 Å². The number of benzene rings is 2. The topological polar surface area (TPSA) is 0 Å². The molecule has 0 aliphatic heterocycles. The van der Waals surface area contributed by atoms with Crippen LogP contribution in [-0.4, -0.2) is 0 Å². The van der Waals surface area contributed by atoms with Gasteiger partial charge in [0, 0.05) is 5.92 Å². The van der Waals surface area contributed by atoms with E-state index >= 15 is 0 Å². The molecule has 0 aromatic heterocycles. The molecule has 1 aliphatic carbocycles. The Morgan fingerprint density at radius 3 is 2.22 bits per heavy atom. The Morgan fingerprint density at radius 2 is 1.50 bits per heavy atom. The van der Waals surface area contributed by atoms with Crippen LogP contribution in [0.5, 0.6) is 0 Å². The fraction of sp³-hybridized carbons (Fsp3) is 0.222. The predicted octanol–water partition coefficient (Wildman–Crippen LogP) is 4.73. The molecule has 0 spiro atoms. The zero-order valence-corrected chi connectivity index (χ0v) is 10.5. The fourth-order valence-electron chi connectivity index (χ4n) is 2.86. The van der Waals surface area contributed by atoms with Gasteiger partial charge >= 0.3 is 0 Å². The first kappa shape index (κ1) is 11.3.